The Bertz CT molecular complexity index is 615. The first kappa shape index (κ1) is 14.7. The molecule has 4 nitrogen and oxygen atoms in total. The Morgan fingerprint density at radius 2 is 1.43 bits per heavy atom. The molecule has 0 aliphatic rings. The maximum Gasteiger partial charge on any atom is 0.255 e. The predicted molar refractivity (Wildman–Crippen MR) is 82.5 cm³/mol. The van der Waals surface area contributed by atoms with E-state index in [1.165, 1.54) is 0 Å². The summed E-state index contributed by atoms with van der Waals surface area (Å²) < 4.78 is 10.1. The molecule has 0 unspecified atom stereocenters. The van der Waals surface area contributed by atoms with Gasteiger partial charge in [0.25, 0.3) is 5.91 Å². The Morgan fingerprint density at radius 1 is 0.905 bits per heavy atom. The topological polar surface area (TPSA) is 47.6 Å². The van der Waals surface area contributed by atoms with Crippen molar-refractivity contribution in [2.24, 2.45) is 0 Å². The number of hydrogen-bond donors (Lipinski definition) is 1. The Hall–Kier alpha value is -2.75. The summed E-state index contributed by atoms with van der Waals surface area (Å²) in [6, 6.07) is 14.5. The van der Waals surface area contributed by atoms with Gasteiger partial charge in [-0.1, -0.05) is 12.1 Å². The third kappa shape index (κ3) is 4.11. The van der Waals surface area contributed by atoms with Crippen LogP contribution in [0.25, 0.3) is 6.08 Å². The van der Waals surface area contributed by atoms with Gasteiger partial charge in [-0.3, -0.25) is 4.79 Å². The number of hydrogen-bond acceptors (Lipinski definition) is 3. The van der Waals surface area contributed by atoms with Crippen LogP contribution in [0.15, 0.2) is 54.7 Å². The van der Waals surface area contributed by atoms with Crippen LogP contribution in [0.4, 0.5) is 0 Å². The van der Waals surface area contributed by atoms with Gasteiger partial charge < -0.3 is 14.8 Å². The standard InChI is InChI=1S/C17H17NO3/c1-20-15-7-3-13(4-8-15)11-12-18-17(19)14-5-9-16(21-2)10-6-14/h3-12H,1-2H3,(H,18,19)/b12-11+. The third-order valence-corrected chi connectivity index (χ3v) is 2.96. The molecule has 1 N–H and O–H groups in total. The third-order valence-electron chi connectivity index (χ3n) is 2.96. The lowest BCUT2D eigenvalue weighted by molar-refractivity contribution is 0.0970. The molecule has 2 rings (SSSR count). The first-order chi connectivity index (χ1) is 10.2. The number of nitrogens with one attached hydrogen (secondary N) is 1. The molecule has 0 aromatic heterocycles. The van der Waals surface area contributed by atoms with E-state index in [1.807, 2.05) is 30.3 Å². The largest absolute Gasteiger partial charge is 0.497 e. The second-order valence-corrected chi connectivity index (χ2v) is 4.31. The predicted octanol–water partition coefficient (Wildman–Crippen LogP) is 3.10. The minimum absolute atomic E-state index is 0.164. The summed E-state index contributed by atoms with van der Waals surface area (Å²) in [4.78, 5) is 11.9. The number of ether oxygens (including phenoxy) is 2. The molecule has 0 bridgehead atoms. The summed E-state index contributed by atoms with van der Waals surface area (Å²) >= 11 is 0. The first-order valence-electron chi connectivity index (χ1n) is 6.48. The van der Waals surface area contributed by atoms with Crippen LogP contribution in [-0.2, 0) is 0 Å². The van der Waals surface area contributed by atoms with Crippen LogP contribution in [0.5, 0.6) is 11.5 Å². The molecule has 0 aliphatic carbocycles. The SMILES string of the molecule is COc1ccc(/C=C/NC(=O)c2ccc(OC)cc2)cc1. The second-order valence-electron chi connectivity index (χ2n) is 4.31. The van der Waals surface area contributed by atoms with E-state index >= 15 is 0 Å². The highest BCUT2D eigenvalue weighted by molar-refractivity contribution is 5.95. The molecule has 21 heavy (non-hydrogen) atoms. The summed E-state index contributed by atoms with van der Waals surface area (Å²) in [6.45, 7) is 0. The summed E-state index contributed by atoms with van der Waals surface area (Å²) in [5.74, 6) is 1.36. The van der Waals surface area contributed by atoms with Gasteiger partial charge in [0.1, 0.15) is 11.5 Å². The van der Waals surface area contributed by atoms with Gasteiger partial charge in [0.2, 0.25) is 0 Å². The van der Waals surface area contributed by atoms with Gasteiger partial charge in [0.15, 0.2) is 0 Å². The molecule has 0 saturated carbocycles. The fraction of sp³-hybridized carbons (Fsp3) is 0.118. The van der Waals surface area contributed by atoms with Gasteiger partial charge in [-0.25, -0.2) is 0 Å². The molecule has 0 heterocycles. The van der Waals surface area contributed by atoms with Crippen LogP contribution in [0, 0.1) is 0 Å². The van der Waals surface area contributed by atoms with Crippen molar-refractivity contribution in [1.29, 1.82) is 0 Å². The fourth-order valence-corrected chi connectivity index (χ4v) is 1.75. The minimum atomic E-state index is -0.164. The Labute approximate surface area is 124 Å². The maximum absolute atomic E-state index is 11.9. The zero-order valence-corrected chi connectivity index (χ0v) is 12.0. The lowest BCUT2D eigenvalue weighted by atomic mass is 10.2. The minimum Gasteiger partial charge on any atom is -0.497 e. The molecular weight excluding hydrogens is 266 g/mol. The highest BCUT2D eigenvalue weighted by atomic mass is 16.5. The van der Waals surface area contributed by atoms with E-state index in [-0.39, 0.29) is 5.91 Å². The number of rotatable bonds is 5. The van der Waals surface area contributed by atoms with Crippen molar-refractivity contribution in [3.05, 3.63) is 65.9 Å². The van der Waals surface area contributed by atoms with Gasteiger partial charge in [-0.05, 0) is 48.0 Å². The first-order valence-corrected chi connectivity index (χ1v) is 6.48. The smallest absolute Gasteiger partial charge is 0.255 e. The van der Waals surface area contributed by atoms with Crippen molar-refractivity contribution in [3.8, 4) is 11.5 Å². The molecule has 0 fully saturated rings. The lowest BCUT2D eigenvalue weighted by Crippen LogP contribution is -2.16. The van der Waals surface area contributed by atoms with Gasteiger partial charge in [0, 0.05) is 11.8 Å². The summed E-state index contributed by atoms with van der Waals surface area (Å²) in [5, 5.41) is 2.72. The molecule has 0 spiro atoms. The second kappa shape index (κ2) is 7.14. The van der Waals surface area contributed by atoms with Crippen molar-refractivity contribution in [3.63, 3.8) is 0 Å². The van der Waals surface area contributed by atoms with Crippen molar-refractivity contribution >= 4 is 12.0 Å². The van der Waals surface area contributed by atoms with E-state index in [1.54, 1.807) is 44.7 Å². The quantitative estimate of drug-likeness (QED) is 0.917. The molecule has 108 valence electrons. The Balaban J connectivity index is 1.94. The monoisotopic (exact) mass is 283 g/mol. The molecule has 1 amide bonds. The van der Waals surface area contributed by atoms with Crippen LogP contribution in [0.3, 0.4) is 0 Å². The normalized spacial score (nSPS) is 10.4. The van der Waals surface area contributed by atoms with E-state index in [0.717, 1.165) is 17.1 Å². The Kier molecular flexibility index (Phi) is 4.99. The van der Waals surface area contributed by atoms with E-state index < -0.39 is 0 Å². The zero-order valence-electron chi connectivity index (χ0n) is 12.0. The van der Waals surface area contributed by atoms with Crippen molar-refractivity contribution in [2.75, 3.05) is 14.2 Å². The van der Waals surface area contributed by atoms with Crippen LogP contribution in [0.2, 0.25) is 0 Å². The van der Waals surface area contributed by atoms with Gasteiger partial charge >= 0.3 is 0 Å². The average Bonchev–Trinajstić information content (AvgIpc) is 2.55. The molecule has 0 saturated heterocycles. The molecule has 2 aromatic rings. The highest BCUT2D eigenvalue weighted by Gasteiger charge is 2.02. The van der Waals surface area contributed by atoms with Gasteiger partial charge in [-0.2, -0.15) is 0 Å². The van der Waals surface area contributed by atoms with Crippen molar-refractivity contribution in [1.82, 2.24) is 5.32 Å². The maximum atomic E-state index is 11.9. The fourth-order valence-electron chi connectivity index (χ4n) is 1.75. The number of benzene rings is 2. The van der Waals surface area contributed by atoms with E-state index in [2.05, 4.69) is 5.32 Å². The van der Waals surface area contributed by atoms with Crippen LogP contribution in [-0.4, -0.2) is 20.1 Å². The zero-order chi connectivity index (χ0) is 15.1. The summed E-state index contributed by atoms with van der Waals surface area (Å²) in [7, 11) is 3.21. The Morgan fingerprint density at radius 3 is 1.95 bits per heavy atom. The van der Waals surface area contributed by atoms with Gasteiger partial charge in [-0.15, -0.1) is 0 Å². The van der Waals surface area contributed by atoms with E-state index in [9.17, 15) is 4.79 Å². The number of carbonyl (C=O) groups is 1. The summed E-state index contributed by atoms with van der Waals surface area (Å²) in [6.07, 6.45) is 3.44. The number of carbonyl (C=O) groups excluding carboxylic acids is 1. The van der Waals surface area contributed by atoms with Crippen LogP contribution >= 0.6 is 0 Å². The van der Waals surface area contributed by atoms with Gasteiger partial charge in [0.05, 0.1) is 14.2 Å². The summed E-state index contributed by atoms with van der Waals surface area (Å²) in [5.41, 5.74) is 1.56. The number of methoxy groups -OCH3 is 2. The molecular formula is C17H17NO3. The lowest BCUT2D eigenvalue weighted by Gasteiger charge is -2.03. The molecule has 2 aromatic carbocycles. The van der Waals surface area contributed by atoms with E-state index in [0.29, 0.717) is 5.56 Å². The van der Waals surface area contributed by atoms with Crippen LogP contribution in [0.1, 0.15) is 15.9 Å². The molecule has 0 aliphatic heterocycles. The van der Waals surface area contributed by atoms with E-state index in [4.69, 9.17) is 9.47 Å². The van der Waals surface area contributed by atoms with Crippen molar-refractivity contribution < 1.29 is 14.3 Å². The molecule has 4 heteroatoms. The molecule has 0 radical (unpaired) electrons. The molecule has 0 atom stereocenters. The highest BCUT2D eigenvalue weighted by Crippen LogP contribution is 2.13. The number of amides is 1. The van der Waals surface area contributed by atoms with Crippen molar-refractivity contribution in [2.45, 2.75) is 0 Å². The average molecular weight is 283 g/mol. The van der Waals surface area contributed by atoms with Crippen LogP contribution < -0.4 is 14.8 Å².